The molecule has 0 unspecified atom stereocenters. The number of allylic oxidation sites excluding steroid dienone is 6. The number of amides is 1. The van der Waals surface area contributed by atoms with Gasteiger partial charge in [-0.1, -0.05) is 78.0 Å². The monoisotopic (exact) mass is 1030 g/mol. The standard InChI is InChI=1S/C57H91NO15/c1-11-26-69-28-29-71-48-34-44-22-20-42(8)57(66,73-44)54(63)55(64)58-24-16-15-19-45(58)56(65)72-49(39(5)32-43-21-23-47(70-27-25-59)50(33-43)67-9)35-46(60)38(4)31-41(7)52(62)53(68-10)51(61)40(6)30-36(2)17-13-12-14-18-37(48)3/h12-14,17-18,31,36,38-40,42-45,47-50,52-53,59,62,66H,11,15-16,19-30,32-35H2,1-10H3/b14-12+,17-13+,37-18+,41-31+/t36-,38-,39-,40-,42-,43+,44+,45+,47-,48+,49+,50-,52-,53+,57-/m1/s1. The van der Waals surface area contributed by atoms with Crippen molar-refractivity contribution in [3.63, 3.8) is 0 Å². The van der Waals surface area contributed by atoms with Gasteiger partial charge in [0.1, 0.15) is 30.1 Å². The molecule has 3 fully saturated rings. The van der Waals surface area contributed by atoms with E-state index in [1.165, 1.54) is 12.0 Å². The zero-order chi connectivity index (χ0) is 53.8. The van der Waals surface area contributed by atoms with Crippen molar-refractivity contribution < 1.29 is 72.5 Å². The molecule has 0 aromatic heterocycles. The Kier molecular flexibility index (Phi) is 26.3. The molecule has 0 aromatic rings. The maximum absolute atomic E-state index is 14.6. The quantitative estimate of drug-likeness (QED) is 0.0692. The maximum Gasteiger partial charge on any atom is 0.329 e. The van der Waals surface area contributed by atoms with Gasteiger partial charge in [0.05, 0.1) is 50.8 Å². The van der Waals surface area contributed by atoms with Crippen LogP contribution in [0.25, 0.3) is 0 Å². The summed E-state index contributed by atoms with van der Waals surface area (Å²) in [5.74, 6) is -8.09. The number of nitrogens with zero attached hydrogens (tertiary/aromatic N) is 1. The molecule has 73 heavy (non-hydrogen) atoms. The van der Waals surface area contributed by atoms with E-state index in [1.807, 2.05) is 65.0 Å². The first-order chi connectivity index (χ1) is 34.8. The van der Waals surface area contributed by atoms with Gasteiger partial charge in [-0.3, -0.25) is 19.2 Å². The summed E-state index contributed by atoms with van der Waals surface area (Å²) in [6.07, 6.45) is 12.6. The van der Waals surface area contributed by atoms with Gasteiger partial charge in [0.2, 0.25) is 5.79 Å². The largest absolute Gasteiger partial charge is 0.460 e. The Hall–Kier alpha value is -3.45. The summed E-state index contributed by atoms with van der Waals surface area (Å²) >= 11 is 0. The number of cyclic esters (lactones) is 1. The topological polar surface area (TPSA) is 214 Å². The highest BCUT2D eigenvalue weighted by Gasteiger charge is 2.53. The number of carbonyl (C=O) groups excluding carboxylic acids is 5. The van der Waals surface area contributed by atoms with Gasteiger partial charge < -0.3 is 53.4 Å². The summed E-state index contributed by atoms with van der Waals surface area (Å²) < 4.78 is 42.0. The van der Waals surface area contributed by atoms with E-state index in [2.05, 4.69) is 0 Å². The van der Waals surface area contributed by atoms with Crippen LogP contribution >= 0.6 is 0 Å². The fourth-order valence-electron chi connectivity index (χ4n) is 10.9. The highest BCUT2D eigenvalue weighted by Crippen LogP contribution is 2.38. The van der Waals surface area contributed by atoms with Crippen LogP contribution in [-0.2, 0) is 57.1 Å². The van der Waals surface area contributed by atoms with E-state index in [-0.39, 0.29) is 80.5 Å². The summed E-state index contributed by atoms with van der Waals surface area (Å²) in [5.41, 5.74) is 1.25. The maximum atomic E-state index is 14.6. The SMILES string of the molecule is CCCOCCO[C@H]1C[C@@H]2CC[C@@H](C)[C@@](O)(O2)C(=O)C(=O)N2CCCC[C@H]2C(=O)O[C@H]([C@H](C)C[C@@H]2CC[C@@H](OCCO)[C@H](OC)C2)CC(=O)[C@H](C)/C=C(\C)[C@@H](O)[C@@H](OC)C(=O)[C@H](C)C[C@H](C)/C=C/C=C/C=C/1C. The van der Waals surface area contributed by atoms with Gasteiger partial charge in [0.15, 0.2) is 5.78 Å². The van der Waals surface area contributed by atoms with Crippen molar-refractivity contribution in [1.82, 2.24) is 4.90 Å². The number of aliphatic hydroxyl groups is 3. The van der Waals surface area contributed by atoms with Gasteiger partial charge in [0, 0.05) is 58.0 Å². The molecule has 2 bridgehead atoms. The van der Waals surface area contributed by atoms with Crippen LogP contribution in [-0.4, -0.2) is 158 Å². The molecule has 3 aliphatic heterocycles. The van der Waals surface area contributed by atoms with Crippen LogP contribution in [0, 0.1) is 35.5 Å². The number of Topliss-reactive ketones (excluding diaryl/α,β-unsaturated/α-hetero) is 3. The molecule has 16 nitrogen and oxygen atoms in total. The molecule has 16 heteroatoms. The number of ketones is 3. The van der Waals surface area contributed by atoms with Gasteiger partial charge in [-0.15, -0.1) is 0 Å². The number of fused-ring (bicyclic) bond motifs is 3. The van der Waals surface area contributed by atoms with Gasteiger partial charge in [-0.2, -0.15) is 0 Å². The number of piperidine rings is 1. The Bertz CT molecular complexity index is 1900. The lowest BCUT2D eigenvalue weighted by atomic mass is 9.78. The fourth-order valence-corrected chi connectivity index (χ4v) is 10.9. The van der Waals surface area contributed by atoms with Crippen LogP contribution < -0.4 is 0 Å². The Balaban J connectivity index is 1.71. The predicted molar refractivity (Wildman–Crippen MR) is 276 cm³/mol. The summed E-state index contributed by atoms with van der Waals surface area (Å²) in [6.45, 7) is 16.2. The van der Waals surface area contributed by atoms with Crippen molar-refractivity contribution in [2.45, 2.75) is 193 Å². The number of rotatable bonds is 14. The normalized spacial score (nSPS) is 37.3. The molecule has 1 amide bonds. The molecule has 414 valence electrons. The third-order valence-electron chi connectivity index (χ3n) is 15.5. The zero-order valence-electron chi connectivity index (χ0n) is 45.7. The molecule has 1 saturated carbocycles. The second-order valence-electron chi connectivity index (χ2n) is 21.4. The van der Waals surface area contributed by atoms with Crippen LogP contribution in [0.3, 0.4) is 0 Å². The van der Waals surface area contributed by atoms with E-state index in [4.69, 9.17) is 33.2 Å². The minimum atomic E-state index is -2.46. The predicted octanol–water partition coefficient (Wildman–Crippen LogP) is 6.99. The Morgan fingerprint density at radius 3 is 2.29 bits per heavy atom. The first-order valence-corrected chi connectivity index (χ1v) is 27.2. The summed E-state index contributed by atoms with van der Waals surface area (Å²) in [7, 11) is 3.01. The number of hydrogen-bond donors (Lipinski definition) is 3. The number of ether oxygens (including phenoxy) is 7. The van der Waals surface area contributed by atoms with Crippen molar-refractivity contribution in [2.75, 3.05) is 53.8 Å². The first-order valence-electron chi connectivity index (χ1n) is 27.2. The van der Waals surface area contributed by atoms with Crippen molar-refractivity contribution in [3.05, 3.63) is 47.6 Å². The summed E-state index contributed by atoms with van der Waals surface area (Å²) in [5, 5.41) is 33.1. The van der Waals surface area contributed by atoms with Crippen LogP contribution in [0.4, 0.5) is 0 Å². The Labute approximate surface area is 435 Å². The van der Waals surface area contributed by atoms with Crippen LogP contribution in [0.15, 0.2) is 47.6 Å². The van der Waals surface area contributed by atoms with E-state index in [9.17, 15) is 39.3 Å². The van der Waals surface area contributed by atoms with Crippen molar-refractivity contribution in [2.24, 2.45) is 35.5 Å². The number of aliphatic hydroxyl groups excluding tert-OH is 2. The van der Waals surface area contributed by atoms with E-state index in [1.54, 1.807) is 34.0 Å². The van der Waals surface area contributed by atoms with Gasteiger partial charge in [-0.25, -0.2) is 4.79 Å². The third-order valence-corrected chi connectivity index (χ3v) is 15.5. The molecule has 0 radical (unpaired) electrons. The number of esters is 1. The minimum absolute atomic E-state index is 0.000424. The molecular weight excluding hydrogens is 939 g/mol. The average molecular weight is 1030 g/mol. The van der Waals surface area contributed by atoms with Crippen molar-refractivity contribution >= 4 is 29.2 Å². The molecule has 3 heterocycles. The second kappa shape index (κ2) is 30.9. The molecule has 0 spiro atoms. The second-order valence-corrected chi connectivity index (χ2v) is 21.4. The van der Waals surface area contributed by atoms with E-state index >= 15 is 0 Å². The molecule has 2 saturated heterocycles. The van der Waals surface area contributed by atoms with Crippen LogP contribution in [0.5, 0.6) is 0 Å². The zero-order valence-corrected chi connectivity index (χ0v) is 45.7. The van der Waals surface area contributed by atoms with Crippen molar-refractivity contribution in [3.8, 4) is 0 Å². The number of carbonyl (C=O) groups is 5. The van der Waals surface area contributed by atoms with Crippen molar-refractivity contribution in [1.29, 1.82) is 0 Å². The Morgan fingerprint density at radius 2 is 1.59 bits per heavy atom. The van der Waals surface area contributed by atoms with Gasteiger partial charge in [-0.05, 0) is 113 Å². The first kappa shape index (κ1) is 62.1. The fraction of sp³-hybridized carbons (Fsp3) is 0.772. The average Bonchev–Trinajstić information content (AvgIpc) is 3.37. The molecule has 15 atom stereocenters. The lowest BCUT2D eigenvalue weighted by Gasteiger charge is -2.43. The summed E-state index contributed by atoms with van der Waals surface area (Å²) in [4.78, 5) is 72.7. The van der Waals surface area contributed by atoms with Gasteiger partial charge in [0.25, 0.3) is 11.7 Å². The molecule has 1 aliphatic carbocycles. The van der Waals surface area contributed by atoms with Gasteiger partial charge >= 0.3 is 5.97 Å². The van der Waals surface area contributed by atoms with Crippen LogP contribution in [0.2, 0.25) is 0 Å². The highest BCUT2D eigenvalue weighted by molar-refractivity contribution is 6.39. The van der Waals surface area contributed by atoms with E-state index in [0.717, 1.165) is 18.4 Å². The number of methoxy groups -OCH3 is 2. The highest BCUT2D eigenvalue weighted by atomic mass is 16.6. The molecule has 4 aliphatic rings. The molecule has 3 N–H and O–H groups in total. The molecule has 0 aromatic carbocycles. The molecular formula is C57H91NO15. The lowest BCUT2D eigenvalue weighted by Crippen LogP contribution is -2.61. The third kappa shape index (κ3) is 18.1. The minimum Gasteiger partial charge on any atom is -0.460 e. The Morgan fingerprint density at radius 1 is 0.836 bits per heavy atom. The van der Waals surface area contributed by atoms with E-state index in [0.29, 0.717) is 76.8 Å². The molecule has 4 rings (SSSR count). The lowest BCUT2D eigenvalue weighted by molar-refractivity contribution is -0.266. The van der Waals surface area contributed by atoms with E-state index < -0.39 is 77.8 Å². The number of hydrogen-bond acceptors (Lipinski definition) is 15. The summed E-state index contributed by atoms with van der Waals surface area (Å²) in [6, 6.07) is -1.16. The smallest absolute Gasteiger partial charge is 0.329 e. The van der Waals surface area contributed by atoms with Crippen LogP contribution in [0.1, 0.15) is 139 Å².